The van der Waals surface area contributed by atoms with Crippen molar-refractivity contribution in [1.29, 1.82) is 0 Å². The van der Waals surface area contributed by atoms with Gasteiger partial charge in [0.15, 0.2) is 0 Å². The lowest BCUT2D eigenvalue weighted by molar-refractivity contribution is 0.0412. The molecule has 0 aliphatic heterocycles. The van der Waals surface area contributed by atoms with Crippen molar-refractivity contribution >= 4 is 16.1 Å². The summed E-state index contributed by atoms with van der Waals surface area (Å²) in [6.45, 7) is 7.16. The molecule has 0 unspecified atom stereocenters. The molecule has 0 saturated carbocycles. The molecule has 0 saturated heterocycles. The standard InChI is InChI=1S/C9H20O2.C7H6O2.C6H6O3S/c1-8(2,10)6-5-7-9(3,4)11;8-7(9)6-4-2-1-3-5-6;7-10(8,9)6-4-2-1-3-5-6/h10-11H,5-7H2,1-4H3;1-5H,(H,8,9);1-5H,(H,7,8,9). The summed E-state index contributed by atoms with van der Waals surface area (Å²) < 4.78 is 29.2. The van der Waals surface area contributed by atoms with E-state index in [1.165, 1.54) is 12.1 Å². The summed E-state index contributed by atoms with van der Waals surface area (Å²) in [6.07, 6.45) is 2.36. The van der Waals surface area contributed by atoms with Gasteiger partial charge in [-0.1, -0.05) is 36.4 Å². The molecule has 0 fully saturated rings. The Labute approximate surface area is 178 Å². The smallest absolute Gasteiger partial charge is 0.335 e. The van der Waals surface area contributed by atoms with E-state index in [1.807, 2.05) is 0 Å². The van der Waals surface area contributed by atoms with Gasteiger partial charge in [-0.2, -0.15) is 8.42 Å². The second-order valence-corrected chi connectivity index (χ2v) is 9.36. The van der Waals surface area contributed by atoms with Crippen LogP contribution in [-0.2, 0) is 10.1 Å². The van der Waals surface area contributed by atoms with Gasteiger partial charge in [-0.05, 0) is 71.2 Å². The van der Waals surface area contributed by atoms with E-state index >= 15 is 0 Å². The summed E-state index contributed by atoms with van der Waals surface area (Å²) >= 11 is 0. The van der Waals surface area contributed by atoms with Crippen molar-refractivity contribution in [2.24, 2.45) is 0 Å². The van der Waals surface area contributed by atoms with Gasteiger partial charge in [0.2, 0.25) is 0 Å². The molecule has 0 spiro atoms. The topological polar surface area (TPSA) is 132 Å². The fourth-order valence-corrected chi connectivity index (χ4v) is 2.63. The molecule has 168 valence electrons. The summed E-state index contributed by atoms with van der Waals surface area (Å²) in [7, 11) is -4.00. The van der Waals surface area contributed by atoms with E-state index in [0.29, 0.717) is 5.56 Å². The van der Waals surface area contributed by atoms with E-state index in [4.69, 9.17) is 9.66 Å². The first-order valence-electron chi connectivity index (χ1n) is 9.37. The first-order chi connectivity index (χ1) is 13.6. The van der Waals surface area contributed by atoms with E-state index < -0.39 is 27.3 Å². The normalized spacial score (nSPS) is 11.4. The second-order valence-electron chi connectivity index (χ2n) is 7.94. The third-order valence-electron chi connectivity index (χ3n) is 3.64. The number of hydrogen-bond donors (Lipinski definition) is 4. The molecule has 0 amide bonds. The highest BCUT2D eigenvalue weighted by Crippen LogP contribution is 2.17. The molecule has 0 aliphatic carbocycles. The van der Waals surface area contributed by atoms with Crippen LogP contribution in [0.4, 0.5) is 0 Å². The van der Waals surface area contributed by atoms with Crippen molar-refractivity contribution in [3.05, 3.63) is 66.2 Å². The highest BCUT2D eigenvalue weighted by molar-refractivity contribution is 7.85. The van der Waals surface area contributed by atoms with Crippen LogP contribution < -0.4 is 0 Å². The zero-order valence-corrected chi connectivity index (χ0v) is 18.6. The minimum atomic E-state index is -4.00. The van der Waals surface area contributed by atoms with Crippen LogP contribution in [0.5, 0.6) is 0 Å². The first kappa shape index (κ1) is 27.7. The molecule has 0 atom stereocenters. The minimum Gasteiger partial charge on any atom is -0.478 e. The molecular formula is C22H32O7S. The Bertz CT molecular complexity index is 821. The average molecular weight is 441 g/mol. The Morgan fingerprint density at radius 2 is 1.17 bits per heavy atom. The molecule has 2 aromatic rings. The maximum absolute atomic E-state index is 10.4. The van der Waals surface area contributed by atoms with Gasteiger partial charge in [0, 0.05) is 0 Å². The molecular weight excluding hydrogens is 408 g/mol. The highest BCUT2D eigenvalue weighted by Gasteiger charge is 2.16. The lowest BCUT2D eigenvalue weighted by atomic mass is 9.95. The Morgan fingerprint density at radius 1 is 0.800 bits per heavy atom. The zero-order chi connectivity index (χ0) is 23.4. The summed E-state index contributed by atoms with van der Waals surface area (Å²) in [5.41, 5.74) is -0.853. The van der Waals surface area contributed by atoms with Crippen LogP contribution in [0.15, 0.2) is 65.6 Å². The summed E-state index contributed by atoms with van der Waals surface area (Å²) in [5, 5.41) is 27.1. The van der Waals surface area contributed by atoms with Crippen molar-refractivity contribution in [1.82, 2.24) is 0 Å². The second kappa shape index (κ2) is 12.4. The van der Waals surface area contributed by atoms with Gasteiger partial charge in [-0.3, -0.25) is 4.55 Å². The van der Waals surface area contributed by atoms with Gasteiger partial charge in [-0.15, -0.1) is 0 Å². The predicted octanol–water partition coefficient (Wildman–Crippen LogP) is 4.02. The first-order valence-corrected chi connectivity index (χ1v) is 10.8. The van der Waals surface area contributed by atoms with E-state index in [1.54, 1.807) is 76.2 Å². The SMILES string of the molecule is CC(C)(O)CCCC(C)(C)O.O=C(O)c1ccccc1.O=S(=O)(O)c1ccccc1. The number of aromatic carboxylic acids is 1. The van der Waals surface area contributed by atoms with Crippen LogP contribution in [0, 0.1) is 0 Å². The van der Waals surface area contributed by atoms with Crippen LogP contribution in [0.1, 0.15) is 57.3 Å². The Kier molecular flexibility index (Phi) is 11.5. The summed E-state index contributed by atoms with van der Waals surface area (Å²) in [4.78, 5) is 10.1. The van der Waals surface area contributed by atoms with Crippen molar-refractivity contribution in [2.45, 2.75) is 63.1 Å². The van der Waals surface area contributed by atoms with Crippen LogP contribution in [-0.4, -0.2) is 45.5 Å². The Morgan fingerprint density at radius 3 is 1.40 bits per heavy atom. The van der Waals surface area contributed by atoms with Gasteiger partial charge in [0.05, 0.1) is 21.7 Å². The number of hydrogen-bond acceptors (Lipinski definition) is 5. The van der Waals surface area contributed by atoms with Crippen LogP contribution >= 0.6 is 0 Å². The van der Waals surface area contributed by atoms with Gasteiger partial charge in [-0.25, -0.2) is 4.79 Å². The number of rotatable bonds is 6. The maximum Gasteiger partial charge on any atom is 0.335 e. The number of carboxylic acid groups (broad SMARTS) is 1. The fourth-order valence-electron chi connectivity index (χ4n) is 2.13. The van der Waals surface area contributed by atoms with Crippen LogP contribution in [0.3, 0.4) is 0 Å². The van der Waals surface area contributed by atoms with E-state index in [2.05, 4.69) is 0 Å². The van der Waals surface area contributed by atoms with Crippen molar-refractivity contribution in [3.8, 4) is 0 Å². The third-order valence-corrected chi connectivity index (χ3v) is 4.51. The number of benzene rings is 2. The molecule has 4 N–H and O–H groups in total. The maximum atomic E-state index is 10.4. The van der Waals surface area contributed by atoms with E-state index in [9.17, 15) is 23.4 Å². The average Bonchev–Trinajstić information content (AvgIpc) is 2.61. The minimum absolute atomic E-state index is 0.0741. The largest absolute Gasteiger partial charge is 0.478 e. The fraction of sp³-hybridized carbons (Fsp3) is 0.409. The molecule has 0 heterocycles. The summed E-state index contributed by atoms with van der Waals surface area (Å²) in [5.74, 6) is -0.879. The molecule has 7 nitrogen and oxygen atoms in total. The molecule has 30 heavy (non-hydrogen) atoms. The lowest BCUT2D eigenvalue weighted by Gasteiger charge is -2.21. The van der Waals surface area contributed by atoms with Crippen LogP contribution in [0.2, 0.25) is 0 Å². The number of carboxylic acids is 1. The molecule has 8 heteroatoms. The molecule has 0 aliphatic rings. The van der Waals surface area contributed by atoms with E-state index in [-0.39, 0.29) is 4.90 Å². The van der Waals surface area contributed by atoms with Gasteiger partial charge in [0.1, 0.15) is 0 Å². The number of carbonyl (C=O) groups is 1. The molecule has 0 bridgehead atoms. The van der Waals surface area contributed by atoms with Crippen molar-refractivity contribution < 1.29 is 33.1 Å². The Balaban J connectivity index is 0.000000422. The summed E-state index contributed by atoms with van der Waals surface area (Å²) in [6, 6.07) is 15.7. The van der Waals surface area contributed by atoms with Crippen molar-refractivity contribution in [2.75, 3.05) is 0 Å². The third kappa shape index (κ3) is 15.6. The molecule has 0 aromatic heterocycles. The van der Waals surface area contributed by atoms with Crippen LogP contribution in [0.25, 0.3) is 0 Å². The molecule has 2 rings (SSSR count). The molecule has 2 aromatic carbocycles. The Hall–Kier alpha value is -2.26. The lowest BCUT2D eigenvalue weighted by Crippen LogP contribution is -2.22. The quantitative estimate of drug-likeness (QED) is 0.499. The number of aliphatic hydroxyl groups is 2. The monoisotopic (exact) mass is 440 g/mol. The van der Waals surface area contributed by atoms with Crippen molar-refractivity contribution in [3.63, 3.8) is 0 Å². The van der Waals surface area contributed by atoms with Gasteiger partial charge in [0.25, 0.3) is 10.1 Å². The van der Waals surface area contributed by atoms with Gasteiger partial charge < -0.3 is 15.3 Å². The van der Waals surface area contributed by atoms with Gasteiger partial charge >= 0.3 is 5.97 Å². The molecule has 0 radical (unpaired) electrons. The predicted molar refractivity (Wildman–Crippen MR) is 116 cm³/mol. The van der Waals surface area contributed by atoms with E-state index in [0.717, 1.165) is 19.3 Å². The zero-order valence-electron chi connectivity index (χ0n) is 17.8. The highest BCUT2D eigenvalue weighted by atomic mass is 32.2.